The monoisotopic (exact) mass is 269 g/mol. The van der Waals surface area contributed by atoms with Gasteiger partial charge in [-0.05, 0) is 42.6 Å². The van der Waals surface area contributed by atoms with E-state index < -0.39 is 0 Å². The van der Waals surface area contributed by atoms with Crippen molar-refractivity contribution in [2.24, 2.45) is 0 Å². The Hall–Kier alpha value is -0.730. The molecule has 0 amide bonds. The van der Waals surface area contributed by atoms with E-state index in [-0.39, 0.29) is 0 Å². The number of alkyl halides is 1. The first kappa shape index (κ1) is 15.3. The number of rotatable bonds is 6. The van der Waals surface area contributed by atoms with Crippen LogP contribution in [0.3, 0.4) is 0 Å². The summed E-state index contributed by atoms with van der Waals surface area (Å²) in [6.45, 7) is 8.36. The Morgan fingerprint density at radius 3 is 2.50 bits per heavy atom. The maximum Gasteiger partial charge on any atom is 0.122 e. The van der Waals surface area contributed by atoms with Gasteiger partial charge >= 0.3 is 0 Å². The van der Waals surface area contributed by atoms with Crippen molar-refractivity contribution in [2.45, 2.75) is 33.2 Å². The molecule has 0 heterocycles. The second kappa shape index (κ2) is 7.01. The third-order valence-electron chi connectivity index (χ3n) is 3.22. The topological polar surface area (TPSA) is 12.5 Å². The molecule has 0 saturated carbocycles. The Bertz CT molecular complexity index is 390. The quantitative estimate of drug-likeness (QED) is 0.729. The van der Waals surface area contributed by atoms with Crippen molar-refractivity contribution in [2.75, 3.05) is 26.6 Å². The van der Waals surface area contributed by atoms with Crippen molar-refractivity contribution in [3.05, 3.63) is 28.8 Å². The summed E-state index contributed by atoms with van der Waals surface area (Å²) in [4.78, 5) is 2.24. The minimum atomic E-state index is 0.470. The van der Waals surface area contributed by atoms with Gasteiger partial charge in [0.15, 0.2) is 0 Å². The summed E-state index contributed by atoms with van der Waals surface area (Å²) >= 11 is 5.77. The first-order valence-corrected chi connectivity index (χ1v) is 6.95. The molecule has 1 aromatic rings. The average Bonchev–Trinajstić information content (AvgIpc) is 2.31. The van der Waals surface area contributed by atoms with E-state index in [4.69, 9.17) is 16.3 Å². The Morgan fingerprint density at radius 1 is 1.33 bits per heavy atom. The van der Waals surface area contributed by atoms with Crippen molar-refractivity contribution in [3.8, 4) is 5.75 Å². The Balaban J connectivity index is 3.01. The highest BCUT2D eigenvalue weighted by molar-refractivity contribution is 6.18. The summed E-state index contributed by atoms with van der Waals surface area (Å²) in [6.07, 6.45) is 0. The molecule has 0 bridgehead atoms. The maximum absolute atomic E-state index is 5.77. The minimum absolute atomic E-state index is 0.470. The van der Waals surface area contributed by atoms with E-state index in [0.717, 1.165) is 18.8 Å². The van der Waals surface area contributed by atoms with Crippen LogP contribution in [-0.2, 0) is 6.54 Å². The number of hydrogen-bond donors (Lipinski definition) is 0. The summed E-state index contributed by atoms with van der Waals surface area (Å²) in [5, 5.41) is 0. The van der Waals surface area contributed by atoms with Gasteiger partial charge in [0.1, 0.15) is 5.75 Å². The van der Waals surface area contributed by atoms with E-state index in [2.05, 4.69) is 44.9 Å². The van der Waals surface area contributed by atoms with Crippen LogP contribution in [0.15, 0.2) is 12.1 Å². The predicted octanol–water partition coefficient (Wildman–Crippen LogP) is 3.80. The molecule has 0 N–H and O–H groups in total. The maximum atomic E-state index is 5.77. The third-order valence-corrected chi connectivity index (χ3v) is 3.39. The summed E-state index contributed by atoms with van der Waals surface area (Å²) in [5.74, 6) is 2.13. The van der Waals surface area contributed by atoms with Crippen LogP contribution in [0.2, 0.25) is 0 Å². The average molecular weight is 270 g/mol. The van der Waals surface area contributed by atoms with Gasteiger partial charge in [-0.25, -0.2) is 0 Å². The molecule has 1 aromatic carbocycles. The molecule has 0 unspecified atom stereocenters. The zero-order valence-electron chi connectivity index (χ0n) is 12.1. The summed E-state index contributed by atoms with van der Waals surface area (Å²) < 4.78 is 5.46. The number of methoxy groups -OCH3 is 1. The van der Waals surface area contributed by atoms with Gasteiger partial charge in [0.25, 0.3) is 0 Å². The van der Waals surface area contributed by atoms with Gasteiger partial charge in [-0.2, -0.15) is 0 Å². The predicted molar refractivity (Wildman–Crippen MR) is 78.9 cm³/mol. The van der Waals surface area contributed by atoms with E-state index in [1.54, 1.807) is 7.11 Å². The molecule has 3 heteroatoms. The molecule has 2 nitrogen and oxygen atoms in total. The van der Waals surface area contributed by atoms with Crippen LogP contribution < -0.4 is 4.74 Å². The summed E-state index contributed by atoms with van der Waals surface area (Å²) in [5.41, 5.74) is 3.90. The van der Waals surface area contributed by atoms with Gasteiger partial charge in [-0.15, -0.1) is 11.6 Å². The van der Waals surface area contributed by atoms with Crippen LogP contribution in [-0.4, -0.2) is 31.5 Å². The van der Waals surface area contributed by atoms with Gasteiger partial charge in [0.2, 0.25) is 0 Å². The molecule has 0 aliphatic heterocycles. The fourth-order valence-electron chi connectivity index (χ4n) is 2.06. The molecule has 0 fully saturated rings. The Kier molecular flexibility index (Phi) is 5.97. The normalized spacial score (nSPS) is 11.3. The van der Waals surface area contributed by atoms with Crippen molar-refractivity contribution >= 4 is 11.6 Å². The van der Waals surface area contributed by atoms with Crippen LogP contribution in [0.5, 0.6) is 5.75 Å². The lowest BCUT2D eigenvalue weighted by atomic mass is 9.96. The van der Waals surface area contributed by atoms with Gasteiger partial charge in [0, 0.05) is 19.0 Å². The van der Waals surface area contributed by atoms with Crippen LogP contribution in [0.4, 0.5) is 0 Å². The first-order valence-electron chi connectivity index (χ1n) is 6.41. The van der Waals surface area contributed by atoms with E-state index >= 15 is 0 Å². The second-order valence-corrected chi connectivity index (χ2v) is 5.48. The van der Waals surface area contributed by atoms with Gasteiger partial charge in [-0.1, -0.05) is 19.9 Å². The zero-order chi connectivity index (χ0) is 13.7. The standard InChI is InChI=1S/C15H24ClNO/c1-11(2)14-9-13(10-17(4)7-6-16)12(3)8-15(14)18-5/h8-9,11H,6-7,10H2,1-5H3. The molecule has 102 valence electrons. The third kappa shape index (κ3) is 3.89. The Labute approximate surface area is 116 Å². The van der Waals surface area contributed by atoms with Gasteiger partial charge in [-0.3, -0.25) is 0 Å². The van der Waals surface area contributed by atoms with Crippen molar-refractivity contribution in [1.29, 1.82) is 0 Å². The van der Waals surface area contributed by atoms with E-state index in [1.807, 2.05) is 0 Å². The molecule has 18 heavy (non-hydrogen) atoms. The van der Waals surface area contributed by atoms with Gasteiger partial charge < -0.3 is 9.64 Å². The molecule has 0 aliphatic carbocycles. The van der Waals surface area contributed by atoms with E-state index in [9.17, 15) is 0 Å². The highest BCUT2D eigenvalue weighted by Gasteiger charge is 2.12. The number of halogens is 1. The SMILES string of the molecule is COc1cc(C)c(CN(C)CCCl)cc1C(C)C. The summed E-state index contributed by atoms with van der Waals surface area (Å²) in [7, 11) is 3.83. The number of aryl methyl sites for hydroxylation is 1. The molecular formula is C15H24ClNO. The van der Waals surface area contributed by atoms with Crippen LogP contribution in [0.1, 0.15) is 36.5 Å². The Morgan fingerprint density at radius 2 is 2.00 bits per heavy atom. The fourth-order valence-corrected chi connectivity index (χ4v) is 2.35. The van der Waals surface area contributed by atoms with Crippen LogP contribution in [0.25, 0.3) is 0 Å². The number of benzene rings is 1. The lowest BCUT2D eigenvalue weighted by Crippen LogP contribution is -2.20. The zero-order valence-corrected chi connectivity index (χ0v) is 12.8. The number of hydrogen-bond acceptors (Lipinski definition) is 2. The lowest BCUT2D eigenvalue weighted by Gasteiger charge is -2.20. The molecule has 0 aromatic heterocycles. The highest BCUT2D eigenvalue weighted by atomic mass is 35.5. The largest absolute Gasteiger partial charge is 0.496 e. The lowest BCUT2D eigenvalue weighted by molar-refractivity contribution is 0.346. The van der Waals surface area contributed by atoms with Crippen LogP contribution in [0, 0.1) is 6.92 Å². The fraction of sp³-hybridized carbons (Fsp3) is 0.600. The highest BCUT2D eigenvalue weighted by Crippen LogP contribution is 2.30. The molecule has 0 spiro atoms. The molecule has 0 aliphatic rings. The minimum Gasteiger partial charge on any atom is -0.496 e. The van der Waals surface area contributed by atoms with Crippen molar-refractivity contribution in [1.82, 2.24) is 4.90 Å². The second-order valence-electron chi connectivity index (χ2n) is 5.10. The molecule has 0 saturated heterocycles. The van der Waals surface area contributed by atoms with Crippen molar-refractivity contribution in [3.63, 3.8) is 0 Å². The summed E-state index contributed by atoms with van der Waals surface area (Å²) in [6, 6.07) is 4.41. The smallest absolute Gasteiger partial charge is 0.122 e. The molecular weight excluding hydrogens is 246 g/mol. The molecule has 1 rings (SSSR count). The molecule has 0 radical (unpaired) electrons. The number of ether oxygens (including phenoxy) is 1. The first-order chi connectivity index (χ1) is 8.49. The van der Waals surface area contributed by atoms with Crippen molar-refractivity contribution < 1.29 is 4.74 Å². The van der Waals surface area contributed by atoms with Crippen LogP contribution >= 0.6 is 11.6 Å². The van der Waals surface area contributed by atoms with Gasteiger partial charge in [0.05, 0.1) is 7.11 Å². The number of nitrogens with zero attached hydrogens (tertiary/aromatic N) is 1. The molecule has 0 atom stereocenters. The van der Waals surface area contributed by atoms with E-state index in [0.29, 0.717) is 11.8 Å². The van der Waals surface area contributed by atoms with E-state index in [1.165, 1.54) is 16.7 Å².